The van der Waals surface area contributed by atoms with Crippen molar-refractivity contribution >= 4 is 19.8 Å². The first-order valence-corrected chi connectivity index (χ1v) is 28.3. The third-order valence-corrected chi connectivity index (χ3v) is 12.9. The molecule has 0 aliphatic carbocycles. The van der Waals surface area contributed by atoms with Crippen LogP contribution in [0.4, 0.5) is 0 Å². The standard InChI is InChI=1S/C53H101O10P/c1-3-5-7-9-11-13-15-17-19-21-23-24-25-26-27-29-31-33-35-37-39-41-43-45-53(57)63-51(47-55)49-61-64(58,59)60-48-50(46-54)62-52(56)44-42-40-38-36-34-32-30-28-22-20-18-16-14-12-10-8-6-4-2/h14,16,20,22,50-51,54-55H,3-13,15,17-19,21,23-49H2,1-2H3,(H,58,59)/b16-14-,22-20-. The van der Waals surface area contributed by atoms with Crippen molar-refractivity contribution < 1.29 is 47.8 Å². The molecule has 11 heteroatoms. The summed E-state index contributed by atoms with van der Waals surface area (Å²) in [5, 5.41) is 19.3. The predicted molar refractivity (Wildman–Crippen MR) is 265 cm³/mol. The maximum absolute atomic E-state index is 12.4. The summed E-state index contributed by atoms with van der Waals surface area (Å²) in [4.78, 5) is 34.7. The topological polar surface area (TPSA) is 149 Å². The first kappa shape index (κ1) is 62.4. The molecule has 0 aromatic heterocycles. The number of esters is 2. The van der Waals surface area contributed by atoms with Crippen LogP contribution in [0.3, 0.4) is 0 Å². The van der Waals surface area contributed by atoms with Crippen molar-refractivity contribution in [1.82, 2.24) is 0 Å². The molecule has 3 N–H and O–H groups in total. The highest BCUT2D eigenvalue weighted by molar-refractivity contribution is 7.47. The molecule has 64 heavy (non-hydrogen) atoms. The Labute approximate surface area is 393 Å². The maximum atomic E-state index is 12.4. The van der Waals surface area contributed by atoms with Gasteiger partial charge >= 0.3 is 19.8 Å². The highest BCUT2D eigenvalue weighted by Crippen LogP contribution is 2.43. The number of hydrogen-bond acceptors (Lipinski definition) is 9. The Morgan fingerprint density at radius 2 is 0.688 bits per heavy atom. The van der Waals surface area contributed by atoms with Crippen LogP contribution in [0.2, 0.25) is 0 Å². The second kappa shape index (κ2) is 49.4. The van der Waals surface area contributed by atoms with Gasteiger partial charge in [0.1, 0.15) is 12.2 Å². The van der Waals surface area contributed by atoms with E-state index in [-0.39, 0.29) is 12.8 Å². The number of aliphatic hydroxyl groups is 2. The molecule has 0 aromatic rings. The molecule has 0 bridgehead atoms. The molecule has 10 nitrogen and oxygen atoms in total. The van der Waals surface area contributed by atoms with Gasteiger partial charge in [-0.05, 0) is 44.9 Å². The van der Waals surface area contributed by atoms with E-state index < -0.39 is 58.4 Å². The summed E-state index contributed by atoms with van der Waals surface area (Å²) in [6.45, 7) is 2.24. The Bertz CT molecular complexity index is 1110. The van der Waals surface area contributed by atoms with Crippen LogP contribution in [0, 0.1) is 0 Å². The van der Waals surface area contributed by atoms with Gasteiger partial charge in [-0.3, -0.25) is 18.6 Å². The zero-order chi connectivity index (χ0) is 46.9. The Hall–Kier alpha value is -1.55. The van der Waals surface area contributed by atoms with E-state index in [2.05, 4.69) is 38.2 Å². The first-order chi connectivity index (χ1) is 31.3. The Balaban J connectivity index is 3.79. The molecule has 0 aliphatic rings. The number of rotatable bonds is 51. The van der Waals surface area contributed by atoms with E-state index in [1.165, 1.54) is 173 Å². The fourth-order valence-corrected chi connectivity index (χ4v) is 8.58. The largest absolute Gasteiger partial charge is 0.472 e. The van der Waals surface area contributed by atoms with E-state index >= 15 is 0 Å². The first-order valence-electron chi connectivity index (χ1n) is 26.8. The quantitative estimate of drug-likeness (QED) is 0.0233. The van der Waals surface area contributed by atoms with Gasteiger partial charge in [-0.15, -0.1) is 0 Å². The van der Waals surface area contributed by atoms with E-state index in [1.807, 2.05) is 0 Å². The Morgan fingerprint density at radius 1 is 0.422 bits per heavy atom. The Kier molecular flexibility index (Phi) is 48.2. The van der Waals surface area contributed by atoms with Crippen molar-refractivity contribution in [2.75, 3.05) is 26.4 Å². The summed E-state index contributed by atoms with van der Waals surface area (Å²) in [7, 11) is -4.64. The normalized spacial score (nSPS) is 13.8. The van der Waals surface area contributed by atoms with Gasteiger partial charge in [-0.1, -0.05) is 231 Å². The number of phosphoric ester groups is 1. The van der Waals surface area contributed by atoms with Gasteiger partial charge in [0.25, 0.3) is 0 Å². The number of carbonyl (C=O) groups is 2. The van der Waals surface area contributed by atoms with Gasteiger partial charge in [0.15, 0.2) is 0 Å². The van der Waals surface area contributed by atoms with E-state index in [1.54, 1.807) is 0 Å². The SMILES string of the molecule is CCCCCC/C=C\C/C=C\CCCCCCCCCC(=O)OC(CO)COP(=O)(O)OCC(CO)OC(=O)CCCCCCCCCCCCCCCCCCCCCCCCC. The molecule has 0 saturated heterocycles. The number of aliphatic hydroxyl groups excluding tert-OH is 2. The number of hydrogen-bond donors (Lipinski definition) is 3. The minimum absolute atomic E-state index is 0.185. The second-order valence-corrected chi connectivity index (χ2v) is 19.7. The summed E-state index contributed by atoms with van der Waals surface area (Å²) in [5.41, 5.74) is 0. The molecule has 0 aliphatic heterocycles. The maximum Gasteiger partial charge on any atom is 0.472 e. The lowest BCUT2D eigenvalue weighted by molar-refractivity contribution is -0.153. The van der Waals surface area contributed by atoms with Gasteiger partial charge in [-0.25, -0.2) is 4.57 Å². The second-order valence-electron chi connectivity index (χ2n) is 18.2. The van der Waals surface area contributed by atoms with Crippen LogP contribution in [0.1, 0.15) is 264 Å². The number of phosphoric acid groups is 1. The molecule has 0 saturated carbocycles. The lowest BCUT2D eigenvalue weighted by Gasteiger charge is -2.20. The zero-order valence-corrected chi connectivity index (χ0v) is 42.4. The summed E-state index contributed by atoms with van der Waals surface area (Å²) in [5.74, 6) is -1.01. The van der Waals surface area contributed by atoms with Crippen molar-refractivity contribution in [3.63, 3.8) is 0 Å². The van der Waals surface area contributed by atoms with Crippen LogP contribution in [-0.4, -0.2) is 65.7 Å². The van der Waals surface area contributed by atoms with E-state index in [0.717, 1.165) is 51.4 Å². The average molecular weight is 929 g/mol. The van der Waals surface area contributed by atoms with Gasteiger partial charge < -0.3 is 24.6 Å². The number of allylic oxidation sites excluding steroid dienone is 4. The molecule has 3 atom stereocenters. The van der Waals surface area contributed by atoms with Crippen molar-refractivity contribution in [2.24, 2.45) is 0 Å². The van der Waals surface area contributed by atoms with Crippen molar-refractivity contribution in [3.8, 4) is 0 Å². The van der Waals surface area contributed by atoms with Crippen molar-refractivity contribution in [2.45, 2.75) is 276 Å². The van der Waals surface area contributed by atoms with Crippen LogP contribution in [0.5, 0.6) is 0 Å². The molecule has 378 valence electrons. The Morgan fingerprint density at radius 3 is 0.984 bits per heavy atom. The van der Waals surface area contributed by atoms with Gasteiger partial charge in [0.2, 0.25) is 0 Å². The lowest BCUT2D eigenvalue weighted by atomic mass is 10.0. The molecule has 0 radical (unpaired) electrons. The van der Waals surface area contributed by atoms with Gasteiger partial charge in [0.05, 0.1) is 26.4 Å². The smallest absolute Gasteiger partial charge is 0.457 e. The third kappa shape index (κ3) is 47.0. The van der Waals surface area contributed by atoms with Crippen LogP contribution in [-0.2, 0) is 32.7 Å². The van der Waals surface area contributed by atoms with Crippen LogP contribution >= 0.6 is 7.82 Å². The van der Waals surface area contributed by atoms with Gasteiger partial charge in [0, 0.05) is 12.8 Å². The molecule has 0 spiro atoms. The minimum atomic E-state index is -4.64. The number of carbonyl (C=O) groups excluding carboxylic acids is 2. The van der Waals surface area contributed by atoms with Crippen LogP contribution in [0.25, 0.3) is 0 Å². The van der Waals surface area contributed by atoms with E-state index in [0.29, 0.717) is 12.8 Å². The number of unbranched alkanes of at least 4 members (excludes halogenated alkanes) is 33. The minimum Gasteiger partial charge on any atom is -0.457 e. The molecular formula is C53H101O10P. The summed E-state index contributed by atoms with van der Waals surface area (Å²) in [6.07, 6.45) is 53.0. The summed E-state index contributed by atoms with van der Waals surface area (Å²) < 4.78 is 32.8. The molecule has 3 unspecified atom stereocenters. The highest BCUT2D eigenvalue weighted by Gasteiger charge is 2.27. The van der Waals surface area contributed by atoms with Crippen molar-refractivity contribution in [3.05, 3.63) is 24.3 Å². The van der Waals surface area contributed by atoms with Crippen molar-refractivity contribution in [1.29, 1.82) is 0 Å². The fourth-order valence-electron chi connectivity index (χ4n) is 7.80. The monoisotopic (exact) mass is 929 g/mol. The van der Waals surface area contributed by atoms with E-state index in [4.69, 9.17) is 18.5 Å². The highest BCUT2D eigenvalue weighted by atomic mass is 31.2. The van der Waals surface area contributed by atoms with Crippen LogP contribution in [0.15, 0.2) is 24.3 Å². The average Bonchev–Trinajstić information content (AvgIpc) is 3.29. The fraction of sp³-hybridized carbons (Fsp3) is 0.887. The zero-order valence-electron chi connectivity index (χ0n) is 41.5. The van der Waals surface area contributed by atoms with Crippen LogP contribution < -0.4 is 0 Å². The summed E-state index contributed by atoms with van der Waals surface area (Å²) in [6, 6.07) is 0. The molecule has 0 amide bonds. The molecule has 0 heterocycles. The lowest BCUT2D eigenvalue weighted by Crippen LogP contribution is -2.28. The molecular weight excluding hydrogens is 828 g/mol. The third-order valence-electron chi connectivity index (χ3n) is 11.9. The van der Waals surface area contributed by atoms with E-state index in [9.17, 15) is 29.3 Å². The van der Waals surface area contributed by atoms with Gasteiger partial charge in [-0.2, -0.15) is 0 Å². The molecule has 0 fully saturated rings. The predicted octanol–water partition coefficient (Wildman–Crippen LogP) is 15.3. The molecule has 0 aromatic carbocycles. The molecule has 0 rings (SSSR count). The number of ether oxygens (including phenoxy) is 2. The summed E-state index contributed by atoms with van der Waals surface area (Å²) >= 11 is 0.